The van der Waals surface area contributed by atoms with E-state index in [1.54, 1.807) is 6.20 Å². The van der Waals surface area contributed by atoms with Crippen molar-refractivity contribution >= 4 is 11.7 Å². The summed E-state index contributed by atoms with van der Waals surface area (Å²) in [7, 11) is 2.09. The van der Waals surface area contributed by atoms with Gasteiger partial charge in [0.15, 0.2) is 5.82 Å². The molecule has 114 valence electrons. The molecule has 0 spiro atoms. The van der Waals surface area contributed by atoms with E-state index >= 15 is 0 Å². The monoisotopic (exact) mass is 289 g/mol. The molecular weight excluding hydrogens is 266 g/mol. The summed E-state index contributed by atoms with van der Waals surface area (Å²) in [6.07, 6.45) is 3.68. The van der Waals surface area contributed by atoms with E-state index in [-0.39, 0.29) is 5.92 Å². The van der Waals surface area contributed by atoms with Crippen LogP contribution < -0.4 is 4.90 Å². The van der Waals surface area contributed by atoms with Crippen molar-refractivity contribution in [2.24, 2.45) is 5.92 Å². The van der Waals surface area contributed by atoms with Gasteiger partial charge < -0.3 is 14.7 Å². The number of carbonyl (C=O) groups is 1. The highest BCUT2D eigenvalue weighted by molar-refractivity contribution is 5.79. The van der Waals surface area contributed by atoms with Crippen LogP contribution in [0.5, 0.6) is 0 Å². The van der Waals surface area contributed by atoms with Crippen molar-refractivity contribution in [3.63, 3.8) is 0 Å². The zero-order valence-electron chi connectivity index (χ0n) is 12.6. The molecule has 0 bridgehead atoms. The van der Waals surface area contributed by atoms with Crippen LogP contribution >= 0.6 is 0 Å². The lowest BCUT2D eigenvalue weighted by Crippen LogP contribution is -2.39. The second-order valence-electron chi connectivity index (χ2n) is 6.00. The maximum Gasteiger partial charge on any atom is 0.227 e. The predicted molar refractivity (Wildman–Crippen MR) is 81.0 cm³/mol. The maximum absolute atomic E-state index is 12.6. The molecule has 1 amide bonds. The molecule has 21 heavy (non-hydrogen) atoms. The molecule has 0 aliphatic carbocycles. The minimum atomic E-state index is 0.193. The van der Waals surface area contributed by atoms with Gasteiger partial charge in [0.25, 0.3) is 0 Å². The van der Waals surface area contributed by atoms with Gasteiger partial charge in [-0.15, -0.1) is 5.10 Å². The molecule has 2 aliphatic heterocycles. The van der Waals surface area contributed by atoms with E-state index in [0.717, 1.165) is 57.9 Å². The van der Waals surface area contributed by atoms with Crippen molar-refractivity contribution in [2.45, 2.75) is 12.8 Å². The summed E-state index contributed by atoms with van der Waals surface area (Å²) in [6, 6.07) is 3.89. The number of hydrogen-bond donors (Lipinski definition) is 0. The van der Waals surface area contributed by atoms with Crippen LogP contribution in [0.25, 0.3) is 0 Å². The van der Waals surface area contributed by atoms with Crippen molar-refractivity contribution in [3.8, 4) is 0 Å². The molecule has 6 heteroatoms. The Balaban J connectivity index is 1.59. The van der Waals surface area contributed by atoms with Crippen LogP contribution in [0, 0.1) is 5.92 Å². The lowest BCUT2D eigenvalue weighted by molar-refractivity contribution is -0.134. The Morgan fingerprint density at radius 3 is 2.86 bits per heavy atom. The van der Waals surface area contributed by atoms with E-state index in [9.17, 15) is 4.79 Å². The first-order chi connectivity index (χ1) is 10.2. The fourth-order valence-electron chi connectivity index (χ4n) is 3.22. The van der Waals surface area contributed by atoms with Crippen molar-refractivity contribution in [1.29, 1.82) is 0 Å². The van der Waals surface area contributed by atoms with Crippen LogP contribution in [0.4, 0.5) is 5.82 Å². The third-order valence-electron chi connectivity index (χ3n) is 4.43. The zero-order valence-corrected chi connectivity index (χ0v) is 12.6. The largest absolute Gasteiger partial charge is 0.353 e. The molecule has 1 aromatic rings. The molecule has 1 atom stereocenters. The van der Waals surface area contributed by atoms with Gasteiger partial charge in [-0.2, -0.15) is 5.10 Å². The van der Waals surface area contributed by atoms with Gasteiger partial charge in [0.1, 0.15) is 0 Å². The van der Waals surface area contributed by atoms with Crippen molar-refractivity contribution in [1.82, 2.24) is 20.0 Å². The Kier molecular flexibility index (Phi) is 4.34. The second-order valence-corrected chi connectivity index (χ2v) is 6.00. The number of likely N-dealkylation sites (tertiary alicyclic amines) is 1. The van der Waals surface area contributed by atoms with Crippen LogP contribution in [0.2, 0.25) is 0 Å². The summed E-state index contributed by atoms with van der Waals surface area (Å²) in [4.78, 5) is 19.1. The number of amides is 1. The number of aromatic nitrogens is 2. The number of nitrogens with zero attached hydrogens (tertiary/aromatic N) is 5. The lowest BCUT2D eigenvalue weighted by Gasteiger charge is -2.24. The fraction of sp³-hybridized carbons (Fsp3) is 0.667. The molecule has 2 aliphatic rings. The summed E-state index contributed by atoms with van der Waals surface area (Å²) >= 11 is 0. The summed E-state index contributed by atoms with van der Waals surface area (Å²) in [5.74, 6) is 1.44. The van der Waals surface area contributed by atoms with Crippen LogP contribution in [-0.2, 0) is 4.79 Å². The van der Waals surface area contributed by atoms with E-state index in [2.05, 4.69) is 27.0 Å². The Morgan fingerprint density at radius 1 is 1.24 bits per heavy atom. The summed E-state index contributed by atoms with van der Waals surface area (Å²) in [5, 5.41) is 8.11. The number of anilines is 1. The molecule has 0 radical (unpaired) electrons. The van der Waals surface area contributed by atoms with Crippen LogP contribution in [-0.4, -0.2) is 72.2 Å². The first-order valence-corrected chi connectivity index (χ1v) is 7.74. The fourth-order valence-corrected chi connectivity index (χ4v) is 3.22. The molecule has 6 nitrogen and oxygen atoms in total. The van der Waals surface area contributed by atoms with Gasteiger partial charge in [0.2, 0.25) is 5.91 Å². The third kappa shape index (κ3) is 3.32. The number of rotatable bonds is 2. The standard InChI is InChI=1S/C15H23N5O/c1-18-9-5-13(12-18)15(21)20-8-3-7-19(10-11-20)14-4-2-6-16-17-14/h2,4,6,13H,3,5,7-12H2,1H3/t13-/m1/s1. The second kappa shape index (κ2) is 6.39. The number of carbonyl (C=O) groups excluding carboxylic acids is 1. The molecule has 0 aromatic carbocycles. The third-order valence-corrected chi connectivity index (χ3v) is 4.43. The summed E-state index contributed by atoms with van der Waals surface area (Å²) < 4.78 is 0. The smallest absolute Gasteiger partial charge is 0.227 e. The Hall–Kier alpha value is -1.69. The first-order valence-electron chi connectivity index (χ1n) is 7.74. The van der Waals surface area contributed by atoms with Crippen molar-refractivity contribution < 1.29 is 4.79 Å². The van der Waals surface area contributed by atoms with E-state index in [0.29, 0.717) is 5.91 Å². The minimum absolute atomic E-state index is 0.193. The quantitative estimate of drug-likeness (QED) is 0.792. The SMILES string of the molecule is CN1CC[C@@H](C(=O)N2CCCN(c3cccnn3)CC2)C1. The minimum Gasteiger partial charge on any atom is -0.353 e. The molecule has 0 N–H and O–H groups in total. The van der Waals surface area contributed by atoms with Gasteiger partial charge in [-0.05, 0) is 38.6 Å². The van der Waals surface area contributed by atoms with E-state index in [1.807, 2.05) is 17.0 Å². The van der Waals surface area contributed by atoms with Gasteiger partial charge in [-0.1, -0.05) is 0 Å². The molecule has 0 unspecified atom stereocenters. The van der Waals surface area contributed by atoms with E-state index in [4.69, 9.17) is 0 Å². The highest BCUT2D eigenvalue weighted by Gasteiger charge is 2.30. The maximum atomic E-state index is 12.6. The zero-order chi connectivity index (χ0) is 14.7. The van der Waals surface area contributed by atoms with E-state index < -0.39 is 0 Å². The van der Waals surface area contributed by atoms with Crippen LogP contribution in [0.1, 0.15) is 12.8 Å². The molecular formula is C15H23N5O. The van der Waals surface area contributed by atoms with Gasteiger partial charge >= 0.3 is 0 Å². The van der Waals surface area contributed by atoms with Crippen LogP contribution in [0.3, 0.4) is 0 Å². The average molecular weight is 289 g/mol. The molecule has 3 heterocycles. The molecule has 1 aromatic heterocycles. The molecule has 0 saturated carbocycles. The Morgan fingerprint density at radius 2 is 2.14 bits per heavy atom. The summed E-state index contributed by atoms with van der Waals surface area (Å²) in [6.45, 7) is 5.37. The topological polar surface area (TPSA) is 52.6 Å². The highest BCUT2D eigenvalue weighted by Crippen LogP contribution is 2.19. The predicted octanol–water partition coefficient (Wildman–Crippen LogP) is 0.467. The first kappa shape index (κ1) is 14.3. The molecule has 2 fully saturated rings. The molecule has 2 saturated heterocycles. The van der Waals surface area contributed by atoms with Gasteiger partial charge in [0.05, 0.1) is 5.92 Å². The Bertz CT molecular complexity index is 480. The van der Waals surface area contributed by atoms with Crippen molar-refractivity contribution in [2.75, 3.05) is 51.2 Å². The Labute approximate surface area is 125 Å². The van der Waals surface area contributed by atoms with Crippen LogP contribution in [0.15, 0.2) is 18.3 Å². The number of hydrogen-bond acceptors (Lipinski definition) is 5. The van der Waals surface area contributed by atoms with Gasteiger partial charge in [-0.3, -0.25) is 4.79 Å². The summed E-state index contributed by atoms with van der Waals surface area (Å²) in [5.41, 5.74) is 0. The normalized spacial score (nSPS) is 24.1. The van der Waals surface area contributed by atoms with E-state index in [1.165, 1.54) is 0 Å². The molecule has 3 rings (SSSR count). The highest BCUT2D eigenvalue weighted by atomic mass is 16.2. The lowest BCUT2D eigenvalue weighted by atomic mass is 10.1. The van der Waals surface area contributed by atoms with Crippen molar-refractivity contribution in [3.05, 3.63) is 18.3 Å². The average Bonchev–Trinajstić information content (AvgIpc) is 2.81. The van der Waals surface area contributed by atoms with Gasteiger partial charge in [0, 0.05) is 38.9 Å². The van der Waals surface area contributed by atoms with Gasteiger partial charge in [-0.25, -0.2) is 0 Å².